The first-order valence-corrected chi connectivity index (χ1v) is 18.9. The summed E-state index contributed by atoms with van der Waals surface area (Å²) in [6.07, 6.45) is 0. The molecule has 0 aliphatic carbocycles. The van der Waals surface area contributed by atoms with Crippen LogP contribution in [-0.4, -0.2) is 71.6 Å². The lowest BCUT2D eigenvalue weighted by atomic mass is 9.99. The van der Waals surface area contributed by atoms with Gasteiger partial charge in [-0.3, -0.25) is 14.5 Å². The van der Waals surface area contributed by atoms with Crippen LogP contribution in [0.15, 0.2) is 149 Å². The van der Waals surface area contributed by atoms with Crippen molar-refractivity contribution in [2.75, 3.05) is 42.3 Å². The van der Waals surface area contributed by atoms with E-state index in [9.17, 15) is 26.4 Å². The van der Waals surface area contributed by atoms with E-state index in [1.807, 2.05) is 37.4 Å². The highest BCUT2D eigenvalue weighted by Gasteiger charge is 2.38. The third-order valence-corrected chi connectivity index (χ3v) is 12.7. The van der Waals surface area contributed by atoms with Gasteiger partial charge in [0.2, 0.25) is 5.91 Å². The Morgan fingerprint density at radius 2 is 1.12 bits per heavy atom. The summed E-state index contributed by atoms with van der Waals surface area (Å²) in [5.41, 5.74) is 0.771. The normalized spacial score (nSPS) is 14.8. The Morgan fingerprint density at radius 3 is 1.64 bits per heavy atom. The lowest BCUT2D eigenvalue weighted by Crippen LogP contribution is -2.48. The second kappa shape index (κ2) is 14.8. The molecule has 1 amide bonds. The molecule has 0 saturated carbocycles. The zero-order chi connectivity index (χ0) is 35.3. The summed E-state index contributed by atoms with van der Waals surface area (Å²) in [6, 6.07) is 35.2. The van der Waals surface area contributed by atoms with Crippen molar-refractivity contribution in [3.63, 3.8) is 0 Å². The van der Waals surface area contributed by atoms with Crippen molar-refractivity contribution in [3.05, 3.63) is 156 Å². The van der Waals surface area contributed by atoms with Crippen molar-refractivity contribution in [2.24, 2.45) is 0 Å². The fourth-order valence-electron chi connectivity index (χ4n) is 5.92. The molecule has 5 aromatic carbocycles. The second-order valence-corrected chi connectivity index (χ2v) is 15.7. The average molecular weight is 709 g/mol. The topological polar surface area (TPSA) is 124 Å². The number of amides is 1. The summed E-state index contributed by atoms with van der Waals surface area (Å²) in [4.78, 5) is 32.1. The molecule has 5 aromatic rings. The maximum Gasteiger partial charge on any atom is 0.277 e. The van der Waals surface area contributed by atoms with Crippen LogP contribution in [0.1, 0.15) is 27.5 Å². The van der Waals surface area contributed by atoms with Crippen LogP contribution in [-0.2, 0) is 24.8 Å². The van der Waals surface area contributed by atoms with Gasteiger partial charge in [0, 0.05) is 37.3 Å². The summed E-state index contributed by atoms with van der Waals surface area (Å²) in [6.45, 7) is 2.82. The van der Waals surface area contributed by atoms with Gasteiger partial charge >= 0.3 is 0 Å². The van der Waals surface area contributed by atoms with E-state index in [4.69, 9.17) is 0 Å². The van der Waals surface area contributed by atoms with Gasteiger partial charge in [0.05, 0.1) is 21.2 Å². The number of nitrogens with one attached hydrogen (secondary N) is 1. The maximum absolute atomic E-state index is 14.2. The molecule has 6 rings (SSSR count). The number of nitrogens with zero attached hydrogens (tertiary/aromatic N) is 3. The van der Waals surface area contributed by atoms with Crippen LogP contribution >= 0.6 is 0 Å². The number of ketones is 1. The van der Waals surface area contributed by atoms with Gasteiger partial charge in [-0.05, 0) is 55.1 Å². The van der Waals surface area contributed by atoms with E-state index < -0.39 is 31.9 Å². The fraction of sp³-hybridized carbons (Fsp3) is 0.158. The zero-order valence-electron chi connectivity index (χ0n) is 27.3. The van der Waals surface area contributed by atoms with Crippen LogP contribution in [0.3, 0.4) is 0 Å². The first-order valence-electron chi connectivity index (χ1n) is 16.0. The van der Waals surface area contributed by atoms with E-state index >= 15 is 0 Å². The summed E-state index contributed by atoms with van der Waals surface area (Å²) >= 11 is 0. The van der Waals surface area contributed by atoms with Crippen molar-refractivity contribution in [3.8, 4) is 0 Å². The molecule has 12 heteroatoms. The average Bonchev–Trinajstić information content (AvgIpc) is 3.14. The first kappa shape index (κ1) is 34.7. The van der Waals surface area contributed by atoms with Gasteiger partial charge in [0.15, 0.2) is 5.78 Å². The second-order valence-electron chi connectivity index (χ2n) is 11.9. The number of carbonyl (C=O) groups is 2. The molecule has 1 saturated heterocycles. The highest BCUT2D eigenvalue weighted by molar-refractivity contribution is 8.10. The minimum Gasteiger partial charge on any atom is -0.324 e. The molecule has 1 unspecified atom stereocenters. The molecule has 256 valence electrons. The molecule has 1 fully saturated rings. The van der Waals surface area contributed by atoms with E-state index in [0.29, 0.717) is 16.8 Å². The van der Waals surface area contributed by atoms with Crippen molar-refractivity contribution in [2.45, 2.75) is 15.8 Å². The Balaban J connectivity index is 1.49. The zero-order valence-corrected chi connectivity index (χ0v) is 28.9. The van der Waals surface area contributed by atoms with Gasteiger partial charge in [-0.1, -0.05) is 97.1 Å². The third kappa shape index (κ3) is 7.24. The molecule has 1 aliphatic rings. The predicted octanol–water partition coefficient (Wildman–Crippen LogP) is 5.43. The maximum atomic E-state index is 14.2. The van der Waals surface area contributed by atoms with Gasteiger partial charge < -0.3 is 10.2 Å². The Morgan fingerprint density at radius 1 is 0.640 bits per heavy atom. The van der Waals surface area contributed by atoms with Crippen molar-refractivity contribution in [1.29, 1.82) is 0 Å². The molecule has 1 atom stereocenters. The van der Waals surface area contributed by atoms with E-state index in [2.05, 4.69) is 15.1 Å². The summed E-state index contributed by atoms with van der Waals surface area (Å²) in [5, 5.41) is 2.94. The third-order valence-electron chi connectivity index (χ3n) is 8.54. The molecule has 10 nitrogen and oxygen atoms in total. The largest absolute Gasteiger partial charge is 0.324 e. The number of sulfonamides is 2. The number of benzene rings is 5. The minimum atomic E-state index is -4.74. The molecule has 1 N–H and O–H groups in total. The van der Waals surface area contributed by atoms with Crippen LogP contribution in [0.4, 0.5) is 11.4 Å². The Labute approximate surface area is 292 Å². The molecule has 0 spiro atoms. The molecule has 50 heavy (non-hydrogen) atoms. The van der Waals surface area contributed by atoms with Crippen LogP contribution in [0.25, 0.3) is 0 Å². The molecule has 0 bridgehead atoms. The van der Waals surface area contributed by atoms with Crippen molar-refractivity contribution < 1.29 is 26.4 Å². The van der Waals surface area contributed by atoms with E-state index in [1.54, 1.807) is 42.5 Å². The summed E-state index contributed by atoms with van der Waals surface area (Å²) in [7, 11) is -7.45. The van der Waals surface area contributed by atoms with Crippen LogP contribution in [0.2, 0.25) is 0 Å². The smallest absolute Gasteiger partial charge is 0.277 e. The summed E-state index contributed by atoms with van der Waals surface area (Å²) < 4.78 is 57.1. The molecular weight excluding hydrogens is 673 g/mol. The quantitative estimate of drug-likeness (QED) is 0.180. The fourth-order valence-corrected chi connectivity index (χ4v) is 9.63. The van der Waals surface area contributed by atoms with Gasteiger partial charge in [0.1, 0.15) is 6.04 Å². The van der Waals surface area contributed by atoms with Crippen LogP contribution < -0.4 is 9.03 Å². The lowest BCUT2D eigenvalue weighted by molar-refractivity contribution is -0.122. The number of hydrogen-bond donors (Lipinski definition) is 1. The Bertz CT molecular complexity index is 2110. The molecule has 0 aromatic heterocycles. The van der Waals surface area contributed by atoms with E-state index in [1.165, 1.54) is 66.7 Å². The number of rotatable bonds is 11. The molecule has 0 radical (unpaired) electrons. The molecule has 1 aliphatic heterocycles. The first-order chi connectivity index (χ1) is 24.1. The standard InChI is InChI=1S/C38H36N4O6S2/c1-40-24-26-41(27-25-40)36(29-14-6-2-7-15-29)38(44)39-35-23-22-31(28-34(35)37(43)30-16-8-3-9-17-30)42(49(45,46)32-18-10-4-11-19-32)50(47,48)33-20-12-5-13-21-33/h2-23,28,36H,24-27H2,1H3,(H,39,44). The van der Waals surface area contributed by atoms with Gasteiger partial charge in [-0.2, -0.15) is 3.71 Å². The monoisotopic (exact) mass is 708 g/mol. The van der Waals surface area contributed by atoms with Crippen molar-refractivity contribution >= 4 is 43.1 Å². The minimum absolute atomic E-state index is 0.0798. The van der Waals surface area contributed by atoms with Crippen LogP contribution in [0, 0.1) is 0 Å². The van der Waals surface area contributed by atoms with Crippen LogP contribution in [0.5, 0.6) is 0 Å². The van der Waals surface area contributed by atoms with Gasteiger partial charge in [0.25, 0.3) is 20.0 Å². The van der Waals surface area contributed by atoms with Gasteiger partial charge in [-0.25, -0.2) is 16.8 Å². The van der Waals surface area contributed by atoms with Gasteiger partial charge in [-0.15, -0.1) is 0 Å². The molecular formula is C38H36N4O6S2. The SMILES string of the molecule is CN1CCN(C(C(=O)Nc2ccc(N(S(=O)(=O)c3ccccc3)S(=O)(=O)c3ccccc3)cc2C(=O)c2ccccc2)c2ccccc2)CC1. The summed E-state index contributed by atoms with van der Waals surface area (Å²) in [5.74, 6) is -0.922. The highest BCUT2D eigenvalue weighted by Crippen LogP contribution is 2.35. The lowest BCUT2D eigenvalue weighted by Gasteiger charge is -2.37. The number of hydrogen-bond acceptors (Lipinski definition) is 8. The number of piperazine rings is 1. The number of anilines is 2. The molecule has 1 heterocycles. The predicted molar refractivity (Wildman–Crippen MR) is 193 cm³/mol. The van der Waals surface area contributed by atoms with E-state index in [-0.39, 0.29) is 38.2 Å². The van der Waals surface area contributed by atoms with Crippen molar-refractivity contribution in [1.82, 2.24) is 9.80 Å². The van der Waals surface area contributed by atoms with E-state index in [0.717, 1.165) is 18.7 Å². The Kier molecular flexibility index (Phi) is 10.3. The number of likely N-dealkylation sites (N-methyl/N-ethyl adjacent to an activating group) is 1. The highest BCUT2D eigenvalue weighted by atomic mass is 32.3. The Hall–Kier alpha value is -5.14. The number of carbonyl (C=O) groups excluding carboxylic acids is 2.